The highest BCUT2D eigenvalue weighted by Crippen LogP contribution is 2.30. The third kappa shape index (κ3) is 2.93. The summed E-state index contributed by atoms with van der Waals surface area (Å²) in [6.07, 6.45) is 1.05. The maximum atomic E-state index is 3.74. The lowest BCUT2D eigenvalue weighted by Gasteiger charge is -2.07. The second-order valence-electron chi connectivity index (χ2n) is 3.65. The van der Waals surface area contributed by atoms with Crippen molar-refractivity contribution in [2.45, 2.75) is 18.2 Å². The molecule has 2 rings (SSSR count). The highest BCUT2D eigenvalue weighted by atomic mass is 79.9. The van der Waals surface area contributed by atoms with Gasteiger partial charge in [-0.2, -0.15) is 0 Å². The van der Waals surface area contributed by atoms with Gasteiger partial charge in [0.25, 0.3) is 0 Å². The van der Waals surface area contributed by atoms with Crippen LogP contribution in [0.2, 0.25) is 0 Å². The van der Waals surface area contributed by atoms with E-state index >= 15 is 0 Å². The molecular weight excluding hydrogens is 268 g/mol. The Kier molecular flexibility index (Phi) is 3.60. The molecule has 0 saturated heterocycles. The molecule has 0 spiro atoms. The number of thiophene rings is 1. The standard InChI is InChI=1S/C13H13BrS/c1-10-7-12(9-15-10)13(14)8-11-5-3-2-4-6-11/h2-7,9,13H,8H2,1H3. The number of aryl methyl sites for hydroxylation is 1. The molecule has 2 heteroatoms. The van der Waals surface area contributed by atoms with Crippen LogP contribution in [0.25, 0.3) is 0 Å². The summed E-state index contributed by atoms with van der Waals surface area (Å²) in [5.74, 6) is 0. The summed E-state index contributed by atoms with van der Waals surface area (Å²) in [4.78, 5) is 1.81. The van der Waals surface area contributed by atoms with Gasteiger partial charge in [-0.05, 0) is 35.9 Å². The average molecular weight is 281 g/mol. The molecule has 1 heterocycles. The summed E-state index contributed by atoms with van der Waals surface area (Å²) in [5.41, 5.74) is 2.77. The largest absolute Gasteiger partial charge is 0.149 e. The molecule has 0 saturated carbocycles. The molecule has 0 amide bonds. The molecule has 0 aliphatic heterocycles. The highest BCUT2D eigenvalue weighted by Gasteiger charge is 2.09. The third-order valence-electron chi connectivity index (χ3n) is 2.37. The SMILES string of the molecule is Cc1cc(C(Br)Cc2ccccc2)cs1. The summed E-state index contributed by atoms with van der Waals surface area (Å²) in [6, 6.07) is 12.8. The van der Waals surface area contributed by atoms with Crippen molar-refractivity contribution in [2.24, 2.45) is 0 Å². The summed E-state index contributed by atoms with van der Waals surface area (Å²) >= 11 is 5.56. The van der Waals surface area contributed by atoms with Crippen molar-refractivity contribution in [3.8, 4) is 0 Å². The Morgan fingerprint density at radius 3 is 2.60 bits per heavy atom. The van der Waals surface area contributed by atoms with Crippen LogP contribution in [0, 0.1) is 6.92 Å². The van der Waals surface area contributed by atoms with Crippen LogP contribution in [0.1, 0.15) is 20.8 Å². The Labute approximate surface area is 103 Å². The molecular formula is C13H13BrS. The number of hydrogen-bond donors (Lipinski definition) is 0. The van der Waals surface area contributed by atoms with Gasteiger partial charge in [0.05, 0.1) is 0 Å². The van der Waals surface area contributed by atoms with Crippen LogP contribution in [-0.2, 0) is 6.42 Å². The lowest BCUT2D eigenvalue weighted by molar-refractivity contribution is 0.954. The van der Waals surface area contributed by atoms with Crippen molar-refractivity contribution in [2.75, 3.05) is 0 Å². The Morgan fingerprint density at radius 2 is 2.00 bits per heavy atom. The van der Waals surface area contributed by atoms with Gasteiger partial charge in [0, 0.05) is 9.70 Å². The maximum absolute atomic E-state index is 3.74. The van der Waals surface area contributed by atoms with Gasteiger partial charge in [-0.1, -0.05) is 46.3 Å². The molecule has 1 aromatic heterocycles. The average Bonchev–Trinajstić information content (AvgIpc) is 2.66. The van der Waals surface area contributed by atoms with Crippen LogP contribution in [0.4, 0.5) is 0 Å². The van der Waals surface area contributed by atoms with E-state index in [2.05, 4.69) is 64.6 Å². The summed E-state index contributed by atoms with van der Waals surface area (Å²) in [7, 11) is 0. The lowest BCUT2D eigenvalue weighted by Crippen LogP contribution is -1.93. The molecule has 78 valence electrons. The molecule has 0 fully saturated rings. The molecule has 15 heavy (non-hydrogen) atoms. The predicted molar refractivity (Wildman–Crippen MR) is 70.9 cm³/mol. The van der Waals surface area contributed by atoms with Gasteiger partial charge >= 0.3 is 0 Å². The minimum Gasteiger partial charge on any atom is -0.149 e. The van der Waals surface area contributed by atoms with Gasteiger partial charge in [0.2, 0.25) is 0 Å². The number of alkyl halides is 1. The van der Waals surface area contributed by atoms with Crippen molar-refractivity contribution >= 4 is 27.3 Å². The predicted octanol–water partition coefficient (Wildman–Crippen LogP) is 4.74. The van der Waals surface area contributed by atoms with Crippen molar-refractivity contribution in [1.82, 2.24) is 0 Å². The Bertz CT molecular complexity index is 419. The van der Waals surface area contributed by atoms with Gasteiger partial charge in [-0.3, -0.25) is 0 Å². The van der Waals surface area contributed by atoms with E-state index in [9.17, 15) is 0 Å². The van der Waals surface area contributed by atoms with E-state index in [-0.39, 0.29) is 0 Å². The first-order valence-electron chi connectivity index (χ1n) is 4.99. The monoisotopic (exact) mass is 280 g/mol. The first kappa shape index (κ1) is 10.9. The second-order valence-corrected chi connectivity index (χ2v) is 5.87. The Hall–Kier alpha value is -0.600. The minimum atomic E-state index is 0.435. The molecule has 0 aliphatic rings. The van der Waals surface area contributed by atoms with Crippen LogP contribution in [0.3, 0.4) is 0 Å². The third-order valence-corrected chi connectivity index (χ3v) is 4.10. The Balaban J connectivity index is 2.07. The van der Waals surface area contributed by atoms with Crippen LogP contribution < -0.4 is 0 Å². The second kappa shape index (κ2) is 4.95. The molecule has 0 bridgehead atoms. The van der Waals surface area contributed by atoms with Crippen molar-refractivity contribution in [1.29, 1.82) is 0 Å². The zero-order chi connectivity index (χ0) is 10.7. The van der Waals surface area contributed by atoms with Crippen LogP contribution >= 0.6 is 27.3 Å². The fourth-order valence-electron chi connectivity index (χ4n) is 1.57. The number of halogens is 1. The summed E-state index contributed by atoms with van der Waals surface area (Å²) in [5, 5.41) is 2.23. The van der Waals surface area contributed by atoms with Gasteiger partial charge in [0.15, 0.2) is 0 Å². The molecule has 0 nitrogen and oxygen atoms in total. The highest BCUT2D eigenvalue weighted by molar-refractivity contribution is 9.09. The van der Waals surface area contributed by atoms with Crippen LogP contribution in [0.15, 0.2) is 41.8 Å². The van der Waals surface area contributed by atoms with E-state index in [0.29, 0.717) is 4.83 Å². The fourth-order valence-corrected chi connectivity index (χ4v) is 3.14. The van der Waals surface area contributed by atoms with Crippen LogP contribution in [0.5, 0.6) is 0 Å². The van der Waals surface area contributed by atoms with Gasteiger partial charge < -0.3 is 0 Å². The number of benzene rings is 1. The van der Waals surface area contributed by atoms with Gasteiger partial charge in [0.1, 0.15) is 0 Å². The summed E-state index contributed by atoms with van der Waals surface area (Å²) in [6.45, 7) is 2.15. The lowest BCUT2D eigenvalue weighted by atomic mass is 10.1. The number of rotatable bonds is 3. The van der Waals surface area contributed by atoms with E-state index in [4.69, 9.17) is 0 Å². The molecule has 0 aliphatic carbocycles. The smallest absolute Gasteiger partial charge is 0.0443 e. The van der Waals surface area contributed by atoms with Crippen LogP contribution in [-0.4, -0.2) is 0 Å². The summed E-state index contributed by atoms with van der Waals surface area (Å²) < 4.78 is 0. The maximum Gasteiger partial charge on any atom is 0.0443 e. The number of hydrogen-bond acceptors (Lipinski definition) is 1. The van der Waals surface area contributed by atoms with Gasteiger partial charge in [-0.25, -0.2) is 0 Å². The normalized spacial score (nSPS) is 12.7. The zero-order valence-electron chi connectivity index (χ0n) is 8.61. The Morgan fingerprint density at radius 1 is 1.27 bits per heavy atom. The molecule has 1 atom stereocenters. The van der Waals surface area contributed by atoms with Crippen molar-refractivity contribution in [3.05, 3.63) is 57.8 Å². The van der Waals surface area contributed by atoms with E-state index in [0.717, 1.165) is 6.42 Å². The zero-order valence-corrected chi connectivity index (χ0v) is 11.0. The quantitative estimate of drug-likeness (QED) is 0.713. The first-order chi connectivity index (χ1) is 7.25. The fraction of sp³-hybridized carbons (Fsp3) is 0.231. The minimum absolute atomic E-state index is 0.435. The van der Waals surface area contributed by atoms with Gasteiger partial charge in [-0.15, -0.1) is 11.3 Å². The van der Waals surface area contributed by atoms with E-state index < -0.39 is 0 Å². The molecule has 0 radical (unpaired) electrons. The van der Waals surface area contributed by atoms with E-state index in [1.54, 1.807) is 0 Å². The molecule has 1 aromatic carbocycles. The van der Waals surface area contributed by atoms with Crippen molar-refractivity contribution in [3.63, 3.8) is 0 Å². The van der Waals surface area contributed by atoms with E-state index in [1.165, 1.54) is 16.0 Å². The topological polar surface area (TPSA) is 0 Å². The molecule has 0 N–H and O–H groups in total. The molecule has 1 unspecified atom stereocenters. The van der Waals surface area contributed by atoms with Crippen molar-refractivity contribution < 1.29 is 0 Å². The van der Waals surface area contributed by atoms with E-state index in [1.807, 2.05) is 11.3 Å². The first-order valence-corrected chi connectivity index (χ1v) is 6.78. The molecule has 2 aromatic rings.